The molecule has 1 N–H and O–H groups in total. The average molecular weight is 256 g/mol. The summed E-state index contributed by atoms with van der Waals surface area (Å²) in [5.41, 5.74) is 1.34. The van der Waals surface area contributed by atoms with Crippen LogP contribution in [0.3, 0.4) is 0 Å². The first kappa shape index (κ1) is 14.5. The van der Waals surface area contributed by atoms with Gasteiger partial charge < -0.3 is 5.11 Å². The van der Waals surface area contributed by atoms with Crippen molar-refractivity contribution in [2.24, 2.45) is 5.92 Å². The van der Waals surface area contributed by atoms with E-state index in [1.165, 1.54) is 6.07 Å². The molecule has 0 fully saturated rings. The minimum Gasteiger partial charge on any atom is -0.389 e. The van der Waals surface area contributed by atoms with Crippen LogP contribution in [-0.4, -0.2) is 10.9 Å². The maximum absolute atomic E-state index is 13.5. The Kier molecular flexibility index (Phi) is 5.47. The Morgan fingerprint density at radius 2 is 2.00 bits per heavy atom. The molecule has 1 aromatic carbocycles. The lowest BCUT2D eigenvalue weighted by Crippen LogP contribution is -2.00. The van der Waals surface area contributed by atoms with Crippen LogP contribution < -0.4 is 0 Å². The average Bonchev–Trinajstić information content (AvgIpc) is 2.29. The van der Waals surface area contributed by atoms with Crippen LogP contribution in [0.1, 0.15) is 44.4 Å². The molecule has 0 bridgehead atoms. The number of hydrogen-bond donors (Lipinski definition) is 1. The maximum Gasteiger partial charge on any atom is 0.126 e. The second-order valence-electron chi connectivity index (χ2n) is 4.64. The van der Waals surface area contributed by atoms with Gasteiger partial charge in [-0.15, -0.1) is 11.8 Å². The quantitative estimate of drug-likeness (QED) is 0.791. The highest BCUT2D eigenvalue weighted by Gasteiger charge is 2.13. The summed E-state index contributed by atoms with van der Waals surface area (Å²) < 4.78 is 13.5. The molecule has 0 aliphatic carbocycles. The van der Waals surface area contributed by atoms with E-state index in [0.717, 1.165) is 17.1 Å². The van der Waals surface area contributed by atoms with Crippen LogP contribution in [0.5, 0.6) is 0 Å². The molecule has 1 rings (SSSR count). The first-order valence-corrected chi connectivity index (χ1v) is 7.05. The van der Waals surface area contributed by atoms with Gasteiger partial charge in [-0.25, -0.2) is 4.39 Å². The molecular weight excluding hydrogens is 235 g/mol. The van der Waals surface area contributed by atoms with E-state index in [0.29, 0.717) is 17.0 Å². The van der Waals surface area contributed by atoms with E-state index < -0.39 is 6.10 Å². The molecule has 0 aliphatic heterocycles. The van der Waals surface area contributed by atoms with Crippen molar-refractivity contribution in [1.29, 1.82) is 0 Å². The molecule has 1 nitrogen and oxygen atoms in total. The maximum atomic E-state index is 13.5. The molecule has 17 heavy (non-hydrogen) atoms. The normalized spacial score (nSPS) is 14.7. The number of hydrogen-bond acceptors (Lipinski definition) is 2. The minimum absolute atomic E-state index is 0.242. The van der Waals surface area contributed by atoms with Gasteiger partial charge >= 0.3 is 0 Å². The summed E-state index contributed by atoms with van der Waals surface area (Å²) in [6.07, 6.45) is 0.515. The third-order valence-corrected chi connectivity index (χ3v) is 4.36. The molecule has 1 unspecified atom stereocenters. The summed E-state index contributed by atoms with van der Waals surface area (Å²) in [7, 11) is 0. The van der Waals surface area contributed by atoms with Crippen molar-refractivity contribution in [2.75, 3.05) is 5.75 Å². The van der Waals surface area contributed by atoms with Crippen molar-refractivity contribution in [2.45, 2.75) is 45.1 Å². The molecule has 0 aliphatic rings. The molecule has 0 aromatic heterocycles. The second-order valence-corrected chi connectivity index (χ2v) is 5.70. The Morgan fingerprint density at radius 1 is 1.35 bits per heavy atom. The first-order chi connectivity index (χ1) is 7.95. The summed E-state index contributed by atoms with van der Waals surface area (Å²) >= 11 is 1.70. The molecule has 0 radical (unpaired) electrons. The molecule has 0 saturated heterocycles. The van der Waals surface area contributed by atoms with Gasteiger partial charge in [0.05, 0.1) is 6.10 Å². The SMILES string of the molecule is CCC(C)CSc1cc(C)c(F)cc1[C@H](C)O. The Bertz CT molecular complexity index is 377. The smallest absolute Gasteiger partial charge is 0.126 e. The van der Waals surface area contributed by atoms with Crippen LogP contribution in [0.2, 0.25) is 0 Å². The van der Waals surface area contributed by atoms with Crippen LogP contribution in [-0.2, 0) is 0 Å². The minimum atomic E-state index is -0.621. The molecular formula is C14H21FOS. The van der Waals surface area contributed by atoms with Crippen molar-refractivity contribution in [1.82, 2.24) is 0 Å². The molecule has 0 amide bonds. The highest BCUT2D eigenvalue weighted by atomic mass is 32.2. The van der Waals surface area contributed by atoms with Crippen LogP contribution in [0.15, 0.2) is 17.0 Å². The zero-order chi connectivity index (χ0) is 13.0. The topological polar surface area (TPSA) is 20.2 Å². The first-order valence-electron chi connectivity index (χ1n) is 6.06. The molecule has 0 heterocycles. The van der Waals surface area contributed by atoms with Gasteiger partial charge in [0.2, 0.25) is 0 Å². The number of aliphatic hydroxyl groups is 1. The van der Waals surface area contributed by atoms with Gasteiger partial charge in [0.25, 0.3) is 0 Å². The third-order valence-electron chi connectivity index (χ3n) is 2.96. The second kappa shape index (κ2) is 6.41. The van der Waals surface area contributed by atoms with Gasteiger partial charge in [0, 0.05) is 10.6 Å². The zero-order valence-corrected chi connectivity index (χ0v) is 11.8. The predicted molar refractivity (Wildman–Crippen MR) is 71.9 cm³/mol. The molecule has 0 spiro atoms. The lowest BCUT2D eigenvalue weighted by Gasteiger charge is -2.15. The Labute approximate surface area is 107 Å². The third kappa shape index (κ3) is 4.00. The van der Waals surface area contributed by atoms with E-state index in [4.69, 9.17) is 0 Å². The van der Waals surface area contributed by atoms with E-state index in [2.05, 4.69) is 13.8 Å². The number of rotatable bonds is 5. The molecule has 2 atom stereocenters. The van der Waals surface area contributed by atoms with Crippen molar-refractivity contribution >= 4 is 11.8 Å². The molecule has 96 valence electrons. The number of thioether (sulfide) groups is 1. The number of halogens is 1. The summed E-state index contributed by atoms with van der Waals surface area (Å²) in [4.78, 5) is 0.999. The number of benzene rings is 1. The Morgan fingerprint density at radius 3 is 2.53 bits per heavy atom. The molecule has 3 heteroatoms. The van der Waals surface area contributed by atoms with Gasteiger partial charge in [-0.3, -0.25) is 0 Å². The van der Waals surface area contributed by atoms with E-state index in [9.17, 15) is 9.50 Å². The fourth-order valence-electron chi connectivity index (χ4n) is 1.47. The van der Waals surface area contributed by atoms with E-state index in [1.54, 1.807) is 25.6 Å². The Balaban J connectivity index is 2.92. The van der Waals surface area contributed by atoms with Gasteiger partial charge in [0.15, 0.2) is 0 Å². The van der Waals surface area contributed by atoms with Gasteiger partial charge in [-0.05, 0) is 43.0 Å². The predicted octanol–water partition coefficient (Wildman–Crippen LogP) is 4.33. The van der Waals surface area contributed by atoms with Crippen LogP contribution in [0, 0.1) is 18.7 Å². The van der Waals surface area contributed by atoms with Crippen molar-refractivity contribution < 1.29 is 9.50 Å². The fourth-order valence-corrected chi connectivity index (χ4v) is 2.83. The largest absolute Gasteiger partial charge is 0.389 e. The van der Waals surface area contributed by atoms with Gasteiger partial charge in [-0.1, -0.05) is 20.3 Å². The van der Waals surface area contributed by atoms with Gasteiger partial charge in [-0.2, -0.15) is 0 Å². The van der Waals surface area contributed by atoms with E-state index >= 15 is 0 Å². The summed E-state index contributed by atoms with van der Waals surface area (Å²) in [6.45, 7) is 7.80. The standard InChI is InChI=1S/C14H21FOS/c1-5-9(2)8-17-14-6-10(3)13(15)7-12(14)11(4)16/h6-7,9,11,16H,5,8H2,1-4H3/t9?,11-/m0/s1. The summed E-state index contributed by atoms with van der Waals surface area (Å²) in [5, 5.41) is 9.66. The highest BCUT2D eigenvalue weighted by Crippen LogP contribution is 2.31. The van der Waals surface area contributed by atoms with Crippen LogP contribution >= 0.6 is 11.8 Å². The summed E-state index contributed by atoms with van der Waals surface area (Å²) in [6, 6.07) is 3.30. The molecule has 1 aromatic rings. The lowest BCUT2D eigenvalue weighted by molar-refractivity contribution is 0.196. The number of aliphatic hydroxyl groups excluding tert-OH is 1. The van der Waals surface area contributed by atoms with Gasteiger partial charge in [0.1, 0.15) is 5.82 Å². The molecule has 0 saturated carbocycles. The fraction of sp³-hybridized carbons (Fsp3) is 0.571. The Hall–Kier alpha value is -0.540. The zero-order valence-electron chi connectivity index (χ0n) is 11.0. The lowest BCUT2D eigenvalue weighted by atomic mass is 10.1. The van der Waals surface area contributed by atoms with Crippen molar-refractivity contribution in [3.63, 3.8) is 0 Å². The summed E-state index contributed by atoms with van der Waals surface area (Å²) in [5.74, 6) is 1.39. The van der Waals surface area contributed by atoms with Crippen molar-refractivity contribution in [3.8, 4) is 0 Å². The van der Waals surface area contributed by atoms with E-state index in [-0.39, 0.29) is 5.82 Å². The van der Waals surface area contributed by atoms with Crippen molar-refractivity contribution in [3.05, 3.63) is 29.1 Å². The highest BCUT2D eigenvalue weighted by molar-refractivity contribution is 7.99. The van der Waals surface area contributed by atoms with Crippen LogP contribution in [0.25, 0.3) is 0 Å². The number of aryl methyl sites for hydroxylation is 1. The van der Waals surface area contributed by atoms with E-state index in [1.807, 2.05) is 6.07 Å². The monoisotopic (exact) mass is 256 g/mol. The van der Waals surface area contributed by atoms with Crippen LogP contribution in [0.4, 0.5) is 4.39 Å².